The number of halogens is 2. The Hall–Kier alpha value is -1.96. The second-order valence-corrected chi connectivity index (χ2v) is 3.74. The molecule has 0 aliphatic rings. The Morgan fingerprint density at radius 1 is 1.42 bits per heavy atom. The van der Waals surface area contributed by atoms with E-state index >= 15 is 0 Å². The maximum atomic E-state index is 13.7. The summed E-state index contributed by atoms with van der Waals surface area (Å²) in [6, 6.07) is 0.678. The van der Waals surface area contributed by atoms with E-state index in [2.05, 4.69) is 10.3 Å². The van der Waals surface area contributed by atoms with Gasteiger partial charge >= 0.3 is 0 Å². The van der Waals surface area contributed by atoms with Crippen LogP contribution in [0.4, 0.5) is 20.4 Å². The van der Waals surface area contributed by atoms with E-state index in [0.717, 1.165) is 0 Å². The molecular formula is C11H17F2N5O. The van der Waals surface area contributed by atoms with E-state index in [9.17, 15) is 13.6 Å². The predicted octanol–water partition coefficient (Wildman–Crippen LogP) is 0.608. The van der Waals surface area contributed by atoms with Gasteiger partial charge in [0, 0.05) is 19.2 Å². The monoisotopic (exact) mass is 273 g/mol. The molecule has 0 radical (unpaired) electrons. The number of hydrogen-bond donors (Lipinski definition) is 3. The molecule has 0 fully saturated rings. The number of aromatic nitrogens is 1. The second kappa shape index (κ2) is 6.83. The van der Waals surface area contributed by atoms with Gasteiger partial charge in [-0.1, -0.05) is 0 Å². The molecule has 0 aliphatic heterocycles. The first kappa shape index (κ1) is 15.1. The van der Waals surface area contributed by atoms with Crippen LogP contribution in [0.15, 0.2) is 6.07 Å². The average Bonchev–Trinajstić information content (AvgIpc) is 2.37. The summed E-state index contributed by atoms with van der Waals surface area (Å²) < 4.78 is 26.9. The van der Waals surface area contributed by atoms with Crippen LogP contribution in [0.25, 0.3) is 0 Å². The largest absolute Gasteiger partial charge is 0.355 e. The highest BCUT2D eigenvalue weighted by Crippen LogP contribution is 2.21. The van der Waals surface area contributed by atoms with Crippen LogP contribution in [-0.4, -0.2) is 30.5 Å². The third kappa shape index (κ3) is 3.75. The number of hydrazine groups is 1. The molecule has 6 nitrogen and oxygen atoms in total. The molecule has 1 rings (SSSR count). The van der Waals surface area contributed by atoms with Crippen molar-refractivity contribution in [1.82, 2.24) is 10.3 Å². The van der Waals surface area contributed by atoms with E-state index in [0.29, 0.717) is 19.2 Å². The fraction of sp³-hybridized carbons (Fsp3) is 0.455. The third-order valence-electron chi connectivity index (χ3n) is 2.44. The molecule has 1 aromatic rings. The summed E-state index contributed by atoms with van der Waals surface area (Å²) in [5, 5.41) is 2.59. The van der Waals surface area contributed by atoms with Gasteiger partial charge in [0.25, 0.3) is 0 Å². The fourth-order valence-electron chi connectivity index (χ4n) is 1.54. The van der Waals surface area contributed by atoms with E-state index in [1.165, 1.54) is 4.90 Å². The Kier molecular flexibility index (Phi) is 5.43. The number of nitrogen functional groups attached to an aromatic ring is 1. The molecular weight excluding hydrogens is 256 g/mol. The van der Waals surface area contributed by atoms with Crippen molar-refractivity contribution in [3.05, 3.63) is 17.7 Å². The van der Waals surface area contributed by atoms with Gasteiger partial charge in [-0.25, -0.2) is 19.6 Å². The number of likely N-dealkylation sites (N-methyl/N-ethyl adjacent to an activating group) is 2. The molecule has 0 spiro atoms. The van der Waals surface area contributed by atoms with E-state index in [-0.39, 0.29) is 24.1 Å². The van der Waals surface area contributed by atoms with Gasteiger partial charge in [0.2, 0.25) is 5.91 Å². The van der Waals surface area contributed by atoms with E-state index in [1.807, 2.05) is 5.43 Å². The summed E-state index contributed by atoms with van der Waals surface area (Å²) in [6.07, 6.45) is 0. The molecule has 0 aliphatic carbocycles. The zero-order valence-corrected chi connectivity index (χ0v) is 10.8. The van der Waals surface area contributed by atoms with Gasteiger partial charge in [-0.05, 0) is 13.8 Å². The number of amides is 1. The number of carbonyl (C=O) groups is 1. The minimum absolute atomic E-state index is 0.0656. The summed E-state index contributed by atoms with van der Waals surface area (Å²) in [5.74, 6) is 2.69. The van der Waals surface area contributed by atoms with Crippen molar-refractivity contribution in [2.75, 3.05) is 30.0 Å². The van der Waals surface area contributed by atoms with Crippen LogP contribution in [0, 0.1) is 11.6 Å². The van der Waals surface area contributed by atoms with Crippen molar-refractivity contribution in [3.63, 3.8) is 0 Å². The molecule has 1 amide bonds. The fourth-order valence-corrected chi connectivity index (χ4v) is 1.54. The topological polar surface area (TPSA) is 83.3 Å². The molecule has 1 heterocycles. The van der Waals surface area contributed by atoms with Crippen LogP contribution in [0.1, 0.15) is 13.8 Å². The Morgan fingerprint density at radius 2 is 2.11 bits per heavy atom. The lowest BCUT2D eigenvalue weighted by Crippen LogP contribution is -2.38. The Labute approximate surface area is 110 Å². The van der Waals surface area contributed by atoms with Crippen LogP contribution in [0.5, 0.6) is 0 Å². The van der Waals surface area contributed by atoms with Crippen molar-refractivity contribution < 1.29 is 13.6 Å². The molecule has 0 aromatic carbocycles. The van der Waals surface area contributed by atoms with Gasteiger partial charge < -0.3 is 15.6 Å². The summed E-state index contributed by atoms with van der Waals surface area (Å²) in [4.78, 5) is 16.6. The van der Waals surface area contributed by atoms with E-state index < -0.39 is 11.6 Å². The Bertz CT molecular complexity index is 455. The highest BCUT2D eigenvalue weighted by Gasteiger charge is 2.18. The molecule has 0 unspecified atom stereocenters. The maximum Gasteiger partial charge on any atom is 0.239 e. The van der Waals surface area contributed by atoms with Crippen LogP contribution >= 0.6 is 0 Å². The molecule has 0 bridgehead atoms. The Morgan fingerprint density at radius 3 is 2.63 bits per heavy atom. The SMILES string of the molecule is CCNC(=O)CN(CC)c1nc(NN)c(F)cc1F. The molecule has 19 heavy (non-hydrogen) atoms. The highest BCUT2D eigenvalue weighted by molar-refractivity contribution is 5.81. The summed E-state index contributed by atoms with van der Waals surface area (Å²) in [7, 11) is 0. The average molecular weight is 273 g/mol. The summed E-state index contributed by atoms with van der Waals surface area (Å²) >= 11 is 0. The molecule has 4 N–H and O–H groups in total. The maximum absolute atomic E-state index is 13.7. The molecule has 8 heteroatoms. The lowest BCUT2D eigenvalue weighted by Gasteiger charge is -2.22. The van der Waals surface area contributed by atoms with Crippen molar-refractivity contribution in [2.24, 2.45) is 5.84 Å². The molecule has 1 aromatic heterocycles. The first-order valence-electron chi connectivity index (χ1n) is 5.87. The number of nitrogens with zero attached hydrogens (tertiary/aromatic N) is 2. The minimum Gasteiger partial charge on any atom is -0.355 e. The number of nitrogens with two attached hydrogens (primary N) is 1. The minimum atomic E-state index is -0.891. The van der Waals surface area contributed by atoms with E-state index in [4.69, 9.17) is 5.84 Å². The van der Waals surface area contributed by atoms with Crippen molar-refractivity contribution in [3.8, 4) is 0 Å². The molecule has 0 saturated carbocycles. The number of carbonyl (C=O) groups excluding carboxylic acids is 1. The summed E-state index contributed by atoms with van der Waals surface area (Å²) in [5.41, 5.74) is 2.04. The smallest absolute Gasteiger partial charge is 0.239 e. The predicted molar refractivity (Wildman–Crippen MR) is 68.5 cm³/mol. The number of rotatable bonds is 6. The van der Waals surface area contributed by atoms with Crippen LogP contribution in [-0.2, 0) is 4.79 Å². The van der Waals surface area contributed by atoms with Crippen LogP contribution in [0.3, 0.4) is 0 Å². The van der Waals surface area contributed by atoms with Gasteiger partial charge in [0.05, 0.1) is 6.54 Å². The quantitative estimate of drug-likeness (QED) is 0.522. The third-order valence-corrected chi connectivity index (χ3v) is 2.44. The Balaban J connectivity index is 3.00. The van der Waals surface area contributed by atoms with Gasteiger partial charge in [-0.2, -0.15) is 0 Å². The molecule has 0 atom stereocenters. The van der Waals surface area contributed by atoms with Gasteiger partial charge in [-0.15, -0.1) is 0 Å². The van der Waals surface area contributed by atoms with Gasteiger partial charge in [0.1, 0.15) is 0 Å². The van der Waals surface area contributed by atoms with Crippen LogP contribution in [0.2, 0.25) is 0 Å². The van der Waals surface area contributed by atoms with Gasteiger partial charge in [0.15, 0.2) is 23.3 Å². The molecule has 0 saturated heterocycles. The highest BCUT2D eigenvalue weighted by atomic mass is 19.1. The van der Waals surface area contributed by atoms with Gasteiger partial charge in [-0.3, -0.25) is 4.79 Å². The van der Waals surface area contributed by atoms with Crippen molar-refractivity contribution in [2.45, 2.75) is 13.8 Å². The number of anilines is 2. The zero-order chi connectivity index (χ0) is 14.4. The van der Waals surface area contributed by atoms with Crippen molar-refractivity contribution in [1.29, 1.82) is 0 Å². The number of nitrogens with one attached hydrogen (secondary N) is 2. The van der Waals surface area contributed by atoms with Crippen LogP contribution < -0.4 is 21.5 Å². The first-order chi connectivity index (χ1) is 9.03. The molecule has 106 valence electrons. The van der Waals surface area contributed by atoms with E-state index in [1.54, 1.807) is 13.8 Å². The number of hydrogen-bond acceptors (Lipinski definition) is 5. The second-order valence-electron chi connectivity index (χ2n) is 3.74. The first-order valence-corrected chi connectivity index (χ1v) is 5.87. The standard InChI is InChI=1S/C11H17F2N5O/c1-3-15-9(19)6-18(4-2)11-8(13)5-7(12)10(16-11)17-14/h5H,3-4,6,14H2,1-2H3,(H,15,19)(H,16,17). The zero-order valence-electron chi connectivity index (χ0n) is 10.8. The normalized spacial score (nSPS) is 10.2. The lowest BCUT2D eigenvalue weighted by molar-refractivity contribution is -0.119. The van der Waals surface area contributed by atoms with Crippen molar-refractivity contribution >= 4 is 17.5 Å². The number of pyridine rings is 1. The summed E-state index contributed by atoms with van der Waals surface area (Å²) in [6.45, 7) is 4.27. The lowest BCUT2D eigenvalue weighted by atomic mass is 10.3.